The number of hydrogen-bond donors (Lipinski definition) is 1. The molecule has 3 heteroatoms. The summed E-state index contributed by atoms with van der Waals surface area (Å²) in [5.41, 5.74) is 5.21. The van der Waals surface area contributed by atoms with E-state index in [4.69, 9.17) is 5.73 Å². The van der Waals surface area contributed by atoms with Gasteiger partial charge < -0.3 is 5.73 Å². The first-order chi connectivity index (χ1) is 5.33. The maximum absolute atomic E-state index is 12.8. The summed E-state index contributed by atoms with van der Waals surface area (Å²) in [6.07, 6.45) is 6.33. The van der Waals surface area contributed by atoms with Crippen molar-refractivity contribution in [2.45, 2.75) is 44.7 Å². The second kappa shape index (κ2) is 6.67. The highest BCUT2D eigenvalue weighted by Gasteiger charge is 2.17. The predicted octanol–water partition coefficient (Wildman–Crippen LogP) is 2.68. The van der Waals surface area contributed by atoms with E-state index in [0.717, 1.165) is 0 Å². The van der Waals surface area contributed by atoms with Crippen molar-refractivity contribution in [1.82, 2.24) is 0 Å². The fourth-order valence-electron chi connectivity index (χ4n) is 1.88. The van der Waals surface area contributed by atoms with Gasteiger partial charge in [-0.3, -0.25) is 0 Å². The van der Waals surface area contributed by atoms with E-state index >= 15 is 0 Å². The van der Waals surface area contributed by atoms with Gasteiger partial charge in [0.15, 0.2) is 0 Å². The fraction of sp³-hybridized carbons (Fsp3) is 1.00. The molecule has 0 amide bonds. The van der Waals surface area contributed by atoms with Crippen LogP contribution in [0.3, 0.4) is 0 Å². The normalized spacial score (nSPS) is 21.5. The SMILES string of the molecule is Cl.NCC(F)CC1CCCCC1. The molecule has 0 aromatic rings. The Balaban J connectivity index is 0.00000121. The minimum atomic E-state index is -0.752. The van der Waals surface area contributed by atoms with E-state index in [2.05, 4.69) is 0 Å². The monoisotopic (exact) mass is 195 g/mol. The maximum atomic E-state index is 12.8. The fourth-order valence-corrected chi connectivity index (χ4v) is 1.88. The van der Waals surface area contributed by atoms with Crippen molar-refractivity contribution in [1.29, 1.82) is 0 Å². The third kappa shape index (κ3) is 4.27. The molecule has 0 bridgehead atoms. The van der Waals surface area contributed by atoms with E-state index in [1.54, 1.807) is 0 Å². The highest BCUT2D eigenvalue weighted by molar-refractivity contribution is 5.85. The van der Waals surface area contributed by atoms with Crippen molar-refractivity contribution >= 4 is 12.4 Å². The van der Waals surface area contributed by atoms with Gasteiger partial charge in [0.2, 0.25) is 0 Å². The Morgan fingerprint density at radius 2 is 1.83 bits per heavy atom. The van der Waals surface area contributed by atoms with Crippen molar-refractivity contribution in [2.24, 2.45) is 11.7 Å². The topological polar surface area (TPSA) is 26.0 Å². The summed E-state index contributed by atoms with van der Waals surface area (Å²) in [6, 6.07) is 0. The lowest BCUT2D eigenvalue weighted by Gasteiger charge is -2.22. The summed E-state index contributed by atoms with van der Waals surface area (Å²) in [5, 5.41) is 0. The van der Waals surface area contributed by atoms with E-state index in [-0.39, 0.29) is 19.0 Å². The summed E-state index contributed by atoms with van der Waals surface area (Å²) in [5.74, 6) is 0.627. The molecule has 74 valence electrons. The molecule has 1 nitrogen and oxygen atoms in total. The quantitative estimate of drug-likeness (QED) is 0.737. The molecule has 0 spiro atoms. The molecule has 0 aromatic carbocycles. The van der Waals surface area contributed by atoms with Crippen LogP contribution in [0.4, 0.5) is 4.39 Å². The van der Waals surface area contributed by atoms with E-state index < -0.39 is 6.17 Å². The third-order valence-corrected chi connectivity index (χ3v) is 2.57. The zero-order valence-electron chi connectivity index (χ0n) is 7.47. The second-order valence-corrected chi connectivity index (χ2v) is 3.57. The van der Waals surface area contributed by atoms with Gasteiger partial charge in [-0.15, -0.1) is 12.4 Å². The van der Waals surface area contributed by atoms with Crippen LogP contribution in [0, 0.1) is 5.92 Å². The molecular weight excluding hydrogens is 177 g/mol. The lowest BCUT2D eigenvalue weighted by atomic mass is 9.86. The molecule has 1 unspecified atom stereocenters. The van der Waals surface area contributed by atoms with Crippen LogP contribution < -0.4 is 5.73 Å². The van der Waals surface area contributed by atoms with Crippen LogP contribution in [-0.2, 0) is 0 Å². The molecule has 1 aliphatic rings. The van der Waals surface area contributed by atoms with Crippen LogP contribution in [0.5, 0.6) is 0 Å². The molecule has 1 saturated carbocycles. The summed E-state index contributed by atoms with van der Waals surface area (Å²) >= 11 is 0. The Hall–Kier alpha value is 0.180. The van der Waals surface area contributed by atoms with Gasteiger partial charge in [0.25, 0.3) is 0 Å². The minimum absolute atomic E-state index is 0. The van der Waals surface area contributed by atoms with Crippen LogP contribution >= 0.6 is 12.4 Å². The average Bonchev–Trinajstić information content (AvgIpc) is 2.06. The number of hydrogen-bond acceptors (Lipinski definition) is 1. The van der Waals surface area contributed by atoms with E-state index in [1.807, 2.05) is 0 Å². The Morgan fingerprint density at radius 3 is 2.33 bits per heavy atom. The Bertz CT molecular complexity index is 105. The van der Waals surface area contributed by atoms with Gasteiger partial charge >= 0.3 is 0 Å². The Kier molecular flexibility index (Phi) is 6.77. The smallest absolute Gasteiger partial charge is 0.113 e. The van der Waals surface area contributed by atoms with Crippen LogP contribution in [0.1, 0.15) is 38.5 Å². The van der Waals surface area contributed by atoms with Crippen LogP contribution in [0.25, 0.3) is 0 Å². The van der Waals surface area contributed by atoms with Crippen molar-refractivity contribution in [3.63, 3.8) is 0 Å². The average molecular weight is 196 g/mol. The van der Waals surface area contributed by atoms with Crippen molar-refractivity contribution < 1.29 is 4.39 Å². The molecule has 1 fully saturated rings. The minimum Gasteiger partial charge on any atom is -0.328 e. The molecular formula is C9H19ClFN. The Labute approximate surface area is 80.3 Å². The highest BCUT2D eigenvalue weighted by atomic mass is 35.5. The van der Waals surface area contributed by atoms with Gasteiger partial charge in [0.1, 0.15) is 6.17 Å². The lowest BCUT2D eigenvalue weighted by molar-refractivity contribution is 0.236. The van der Waals surface area contributed by atoms with Gasteiger partial charge in [0.05, 0.1) is 0 Å². The first kappa shape index (κ1) is 12.2. The van der Waals surface area contributed by atoms with Gasteiger partial charge in [0, 0.05) is 6.54 Å². The highest BCUT2D eigenvalue weighted by Crippen LogP contribution is 2.27. The molecule has 1 atom stereocenters. The Morgan fingerprint density at radius 1 is 1.25 bits per heavy atom. The van der Waals surface area contributed by atoms with Crippen molar-refractivity contribution in [3.05, 3.63) is 0 Å². The molecule has 2 N–H and O–H groups in total. The first-order valence-corrected chi connectivity index (χ1v) is 4.67. The zero-order chi connectivity index (χ0) is 8.10. The summed E-state index contributed by atoms with van der Waals surface area (Å²) in [6.45, 7) is 0.205. The first-order valence-electron chi connectivity index (χ1n) is 4.67. The van der Waals surface area contributed by atoms with Crippen LogP contribution in [0.15, 0.2) is 0 Å². The molecule has 0 radical (unpaired) electrons. The van der Waals surface area contributed by atoms with Gasteiger partial charge in [-0.05, 0) is 12.3 Å². The van der Waals surface area contributed by atoms with Gasteiger partial charge in [-0.25, -0.2) is 4.39 Å². The number of halogens is 2. The lowest BCUT2D eigenvalue weighted by Crippen LogP contribution is -2.20. The van der Waals surface area contributed by atoms with Crippen LogP contribution in [-0.4, -0.2) is 12.7 Å². The molecule has 1 rings (SSSR count). The summed E-state index contributed by atoms with van der Waals surface area (Å²) in [4.78, 5) is 0. The van der Waals surface area contributed by atoms with E-state index in [1.165, 1.54) is 32.1 Å². The van der Waals surface area contributed by atoms with Gasteiger partial charge in [-0.2, -0.15) is 0 Å². The maximum Gasteiger partial charge on any atom is 0.113 e. The number of nitrogens with two attached hydrogens (primary N) is 1. The van der Waals surface area contributed by atoms with E-state index in [0.29, 0.717) is 12.3 Å². The summed E-state index contributed by atoms with van der Waals surface area (Å²) in [7, 11) is 0. The predicted molar refractivity (Wildman–Crippen MR) is 52.4 cm³/mol. The standard InChI is InChI=1S/C9H18FN.ClH/c10-9(7-11)6-8-4-2-1-3-5-8;/h8-9H,1-7,11H2;1H. The zero-order valence-corrected chi connectivity index (χ0v) is 8.28. The molecule has 0 aromatic heterocycles. The van der Waals surface area contributed by atoms with Crippen molar-refractivity contribution in [3.8, 4) is 0 Å². The molecule has 0 saturated heterocycles. The second-order valence-electron chi connectivity index (χ2n) is 3.57. The molecule has 0 heterocycles. The number of rotatable bonds is 3. The summed E-state index contributed by atoms with van der Waals surface area (Å²) < 4.78 is 12.8. The third-order valence-electron chi connectivity index (χ3n) is 2.57. The largest absolute Gasteiger partial charge is 0.328 e. The van der Waals surface area contributed by atoms with Crippen LogP contribution in [0.2, 0.25) is 0 Å². The van der Waals surface area contributed by atoms with Crippen molar-refractivity contribution in [2.75, 3.05) is 6.54 Å². The molecule has 12 heavy (non-hydrogen) atoms. The molecule has 1 aliphatic carbocycles. The molecule has 0 aliphatic heterocycles. The number of alkyl halides is 1. The van der Waals surface area contributed by atoms with Gasteiger partial charge in [-0.1, -0.05) is 32.1 Å². The van der Waals surface area contributed by atoms with E-state index in [9.17, 15) is 4.39 Å².